The molecular weight excluding hydrogens is 316 g/mol. The van der Waals surface area contributed by atoms with Crippen LogP contribution in [0.4, 0.5) is 0 Å². The first kappa shape index (κ1) is 15.4. The maximum atomic E-state index is 12.6. The molecule has 0 N–H and O–H groups in total. The molecule has 1 saturated heterocycles. The van der Waals surface area contributed by atoms with Crippen molar-refractivity contribution in [3.05, 3.63) is 56.6 Å². The van der Waals surface area contributed by atoms with Gasteiger partial charge in [0, 0.05) is 42.2 Å². The first-order chi connectivity index (χ1) is 10.7. The summed E-state index contributed by atoms with van der Waals surface area (Å²) in [5, 5.41) is 2.55. The van der Waals surface area contributed by atoms with Crippen molar-refractivity contribution in [1.82, 2.24) is 9.47 Å². The third-order valence-corrected chi connectivity index (χ3v) is 6.29. The molecule has 3 heterocycles. The normalized spacial score (nSPS) is 19.0. The lowest BCUT2D eigenvalue weighted by atomic mass is 10.2. The van der Waals surface area contributed by atoms with E-state index >= 15 is 0 Å². The quantitative estimate of drug-likeness (QED) is 0.848. The predicted octanol–water partition coefficient (Wildman–Crippen LogP) is 2.77. The molecule has 4 nitrogen and oxygen atoms in total. The van der Waals surface area contributed by atoms with E-state index in [9.17, 15) is 9.59 Å². The van der Waals surface area contributed by atoms with Gasteiger partial charge in [-0.1, -0.05) is 6.07 Å². The summed E-state index contributed by atoms with van der Waals surface area (Å²) in [6, 6.07) is 7.60. The zero-order valence-corrected chi connectivity index (χ0v) is 14.0. The highest BCUT2D eigenvalue weighted by Crippen LogP contribution is 2.36. The fraction of sp³-hybridized carbons (Fsp3) is 0.375. The van der Waals surface area contributed by atoms with Crippen LogP contribution in [0.15, 0.2) is 40.6 Å². The number of hydrogen-bond acceptors (Lipinski definition) is 4. The zero-order chi connectivity index (χ0) is 15.5. The molecule has 0 aromatic carbocycles. The Balaban J connectivity index is 1.74. The molecule has 3 rings (SSSR count). The van der Waals surface area contributed by atoms with Crippen molar-refractivity contribution in [2.75, 3.05) is 18.8 Å². The van der Waals surface area contributed by atoms with Gasteiger partial charge >= 0.3 is 0 Å². The lowest BCUT2D eigenvalue weighted by molar-refractivity contribution is 0.0764. The van der Waals surface area contributed by atoms with E-state index in [0.717, 1.165) is 12.2 Å². The molecule has 2 aromatic heterocycles. The highest BCUT2D eigenvalue weighted by Gasteiger charge is 2.24. The number of aromatic nitrogens is 1. The second kappa shape index (κ2) is 6.71. The SMILES string of the molecule is Cn1cccc(C(=O)N2CCSC(c3cccs3)CC2)c1=O. The number of rotatable bonds is 2. The molecule has 1 amide bonds. The Kier molecular flexibility index (Phi) is 4.69. The lowest BCUT2D eigenvalue weighted by Crippen LogP contribution is -2.37. The van der Waals surface area contributed by atoms with E-state index in [1.54, 1.807) is 36.7 Å². The van der Waals surface area contributed by atoms with Crippen LogP contribution in [0, 0.1) is 0 Å². The Hall–Kier alpha value is -1.53. The number of pyridine rings is 1. The van der Waals surface area contributed by atoms with Gasteiger partial charge in [-0.3, -0.25) is 9.59 Å². The van der Waals surface area contributed by atoms with Crippen molar-refractivity contribution in [3.63, 3.8) is 0 Å². The smallest absolute Gasteiger partial charge is 0.263 e. The van der Waals surface area contributed by atoms with Gasteiger partial charge in [0.2, 0.25) is 0 Å². The summed E-state index contributed by atoms with van der Waals surface area (Å²) in [4.78, 5) is 27.9. The topological polar surface area (TPSA) is 42.3 Å². The third-order valence-electron chi connectivity index (χ3n) is 3.84. The Labute approximate surface area is 137 Å². The molecule has 1 aliphatic heterocycles. The number of aryl methyl sites for hydroxylation is 1. The summed E-state index contributed by atoms with van der Waals surface area (Å²) >= 11 is 3.67. The standard InChI is InChI=1S/C16H18N2O2S2/c1-17-7-2-4-12(15(17)19)16(20)18-8-6-14(22-11-9-18)13-5-3-10-21-13/h2-5,7,10,14H,6,8-9,11H2,1H3. The lowest BCUT2D eigenvalue weighted by Gasteiger charge is -2.20. The van der Waals surface area contributed by atoms with Crippen LogP contribution in [0.5, 0.6) is 0 Å². The molecule has 6 heteroatoms. The van der Waals surface area contributed by atoms with E-state index in [0.29, 0.717) is 18.3 Å². The van der Waals surface area contributed by atoms with Crippen molar-refractivity contribution in [1.29, 1.82) is 0 Å². The Morgan fingerprint density at radius 2 is 2.14 bits per heavy atom. The van der Waals surface area contributed by atoms with E-state index in [1.165, 1.54) is 9.44 Å². The highest BCUT2D eigenvalue weighted by molar-refractivity contribution is 7.99. The monoisotopic (exact) mass is 334 g/mol. The summed E-state index contributed by atoms with van der Waals surface area (Å²) in [5.41, 5.74) is 0.0452. The second-order valence-corrected chi connectivity index (χ2v) is 7.58. The van der Waals surface area contributed by atoms with Crippen LogP contribution in [0.1, 0.15) is 26.9 Å². The maximum absolute atomic E-state index is 12.6. The van der Waals surface area contributed by atoms with Gasteiger partial charge in [-0.15, -0.1) is 11.3 Å². The summed E-state index contributed by atoms with van der Waals surface area (Å²) in [6.45, 7) is 1.40. The molecule has 1 fully saturated rings. The molecule has 0 spiro atoms. The van der Waals surface area contributed by atoms with E-state index in [-0.39, 0.29) is 17.0 Å². The number of hydrogen-bond donors (Lipinski definition) is 0. The fourth-order valence-corrected chi connectivity index (χ4v) is 4.84. The average Bonchev–Trinajstić information content (AvgIpc) is 2.94. The minimum atomic E-state index is -0.223. The van der Waals surface area contributed by atoms with Gasteiger partial charge in [0.05, 0.1) is 0 Å². The van der Waals surface area contributed by atoms with Gasteiger partial charge < -0.3 is 9.47 Å². The van der Waals surface area contributed by atoms with Gasteiger partial charge in [0.25, 0.3) is 11.5 Å². The molecule has 22 heavy (non-hydrogen) atoms. The number of carbonyl (C=O) groups is 1. The van der Waals surface area contributed by atoms with Gasteiger partial charge in [0.15, 0.2) is 0 Å². The molecule has 0 saturated carbocycles. The van der Waals surface area contributed by atoms with Crippen LogP contribution in [0.3, 0.4) is 0 Å². The van der Waals surface area contributed by atoms with Crippen LogP contribution in [-0.2, 0) is 7.05 Å². The number of thiophene rings is 1. The van der Waals surface area contributed by atoms with E-state index in [1.807, 2.05) is 16.7 Å². The fourth-order valence-electron chi connectivity index (χ4n) is 2.61. The largest absolute Gasteiger partial charge is 0.338 e. The van der Waals surface area contributed by atoms with Crippen molar-refractivity contribution in [2.45, 2.75) is 11.7 Å². The maximum Gasteiger partial charge on any atom is 0.263 e. The molecule has 1 unspecified atom stereocenters. The van der Waals surface area contributed by atoms with Gasteiger partial charge in [0.1, 0.15) is 5.56 Å². The molecule has 2 aromatic rings. The number of thioether (sulfide) groups is 1. The minimum Gasteiger partial charge on any atom is -0.338 e. The zero-order valence-electron chi connectivity index (χ0n) is 12.4. The predicted molar refractivity (Wildman–Crippen MR) is 91.7 cm³/mol. The third kappa shape index (κ3) is 3.13. The summed E-state index contributed by atoms with van der Waals surface area (Å²) in [6.07, 6.45) is 2.61. The number of amides is 1. The molecule has 1 atom stereocenters. The van der Waals surface area contributed by atoms with Gasteiger partial charge in [-0.25, -0.2) is 0 Å². The second-order valence-electron chi connectivity index (χ2n) is 5.29. The molecule has 0 aliphatic carbocycles. The molecular formula is C16H18N2O2S2. The average molecular weight is 334 g/mol. The van der Waals surface area contributed by atoms with Crippen LogP contribution in [-0.4, -0.2) is 34.2 Å². The highest BCUT2D eigenvalue weighted by atomic mass is 32.2. The van der Waals surface area contributed by atoms with E-state index in [4.69, 9.17) is 0 Å². The van der Waals surface area contributed by atoms with Crippen molar-refractivity contribution in [3.8, 4) is 0 Å². The van der Waals surface area contributed by atoms with Crippen LogP contribution < -0.4 is 5.56 Å². The Morgan fingerprint density at radius 1 is 1.27 bits per heavy atom. The summed E-state index contributed by atoms with van der Waals surface area (Å²) in [7, 11) is 1.67. The Morgan fingerprint density at radius 3 is 2.91 bits per heavy atom. The van der Waals surface area contributed by atoms with Crippen molar-refractivity contribution in [2.24, 2.45) is 7.05 Å². The van der Waals surface area contributed by atoms with Gasteiger partial charge in [-0.05, 0) is 30.0 Å². The van der Waals surface area contributed by atoms with Crippen LogP contribution in [0.2, 0.25) is 0 Å². The first-order valence-electron chi connectivity index (χ1n) is 7.27. The molecule has 1 aliphatic rings. The molecule has 0 bridgehead atoms. The van der Waals surface area contributed by atoms with E-state index < -0.39 is 0 Å². The molecule has 0 radical (unpaired) electrons. The summed E-state index contributed by atoms with van der Waals surface area (Å²) in [5.74, 6) is 0.759. The van der Waals surface area contributed by atoms with Crippen molar-refractivity contribution < 1.29 is 4.79 Å². The first-order valence-corrected chi connectivity index (χ1v) is 9.19. The Bertz CT molecular complexity index is 709. The minimum absolute atomic E-state index is 0.145. The summed E-state index contributed by atoms with van der Waals surface area (Å²) < 4.78 is 1.45. The van der Waals surface area contributed by atoms with E-state index in [2.05, 4.69) is 17.5 Å². The number of nitrogens with zero attached hydrogens (tertiary/aromatic N) is 2. The molecule has 116 valence electrons. The van der Waals surface area contributed by atoms with Crippen LogP contribution >= 0.6 is 23.1 Å². The van der Waals surface area contributed by atoms with Crippen LogP contribution in [0.25, 0.3) is 0 Å². The number of carbonyl (C=O) groups excluding carboxylic acids is 1. The van der Waals surface area contributed by atoms with Gasteiger partial charge in [-0.2, -0.15) is 11.8 Å². The van der Waals surface area contributed by atoms with Crippen molar-refractivity contribution >= 4 is 29.0 Å².